The van der Waals surface area contributed by atoms with Gasteiger partial charge in [-0.15, -0.1) is 0 Å². The standard InChI is InChI=1S/C16H15ClN2/c17-14-7-5-12(6-8-14)9-10-19-11-13-3-1-2-4-15(13)16(19)18/h1-8,18H,9-11H2. The van der Waals surface area contributed by atoms with E-state index in [0.29, 0.717) is 5.84 Å². The van der Waals surface area contributed by atoms with E-state index >= 15 is 0 Å². The molecule has 0 bridgehead atoms. The minimum Gasteiger partial charge on any atom is -0.352 e. The second kappa shape index (κ2) is 5.06. The van der Waals surface area contributed by atoms with Gasteiger partial charge in [0.1, 0.15) is 5.84 Å². The molecule has 1 N–H and O–H groups in total. The molecule has 19 heavy (non-hydrogen) atoms. The van der Waals surface area contributed by atoms with Gasteiger partial charge in [-0.25, -0.2) is 0 Å². The van der Waals surface area contributed by atoms with Gasteiger partial charge in [-0.05, 0) is 29.7 Å². The van der Waals surface area contributed by atoms with Gasteiger partial charge in [0.05, 0.1) is 0 Å². The van der Waals surface area contributed by atoms with Crippen LogP contribution in [0.2, 0.25) is 5.02 Å². The van der Waals surface area contributed by atoms with Gasteiger partial charge in [-0.2, -0.15) is 0 Å². The number of amidine groups is 1. The first kappa shape index (κ1) is 12.2. The molecule has 0 spiro atoms. The van der Waals surface area contributed by atoms with Crippen LogP contribution in [0.5, 0.6) is 0 Å². The molecule has 0 saturated carbocycles. The summed E-state index contributed by atoms with van der Waals surface area (Å²) in [4.78, 5) is 2.12. The Morgan fingerprint density at radius 3 is 2.53 bits per heavy atom. The van der Waals surface area contributed by atoms with Gasteiger partial charge in [-0.3, -0.25) is 5.41 Å². The molecule has 1 heterocycles. The topological polar surface area (TPSA) is 27.1 Å². The Morgan fingerprint density at radius 1 is 1.05 bits per heavy atom. The van der Waals surface area contributed by atoms with Crippen LogP contribution in [0.4, 0.5) is 0 Å². The first-order valence-corrected chi connectivity index (χ1v) is 6.78. The largest absolute Gasteiger partial charge is 0.352 e. The maximum atomic E-state index is 8.19. The monoisotopic (exact) mass is 270 g/mol. The van der Waals surface area contributed by atoms with E-state index in [9.17, 15) is 0 Å². The molecule has 2 aromatic carbocycles. The molecular formula is C16H15ClN2. The third-order valence-corrected chi connectivity index (χ3v) is 3.79. The van der Waals surface area contributed by atoms with Crippen LogP contribution < -0.4 is 0 Å². The number of benzene rings is 2. The molecule has 0 aromatic heterocycles. The average Bonchev–Trinajstić information content (AvgIpc) is 2.76. The predicted molar refractivity (Wildman–Crippen MR) is 78.8 cm³/mol. The third-order valence-electron chi connectivity index (χ3n) is 3.53. The lowest BCUT2D eigenvalue weighted by atomic mass is 10.1. The Bertz CT molecular complexity index is 604. The van der Waals surface area contributed by atoms with Crippen LogP contribution in [0.1, 0.15) is 16.7 Å². The first-order chi connectivity index (χ1) is 9.24. The summed E-state index contributed by atoms with van der Waals surface area (Å²) in [6, 6.07) is 16.1. The Balaban J connectivity index is 1.67. The number of nitrogens with one attached hydrogen (secondary N) is 1. The lowest BCUT2D eigenvalue weighted by molar-refractivity contribution is 0.432. The van der Waals surface area contributed by atoms with Crippen molar-refractivity contribution in [3.8, 4) is 0 Å². The lowest BCUT2D eigenvalue weighted by Gasteiger charge is -2.17. The van der Waals surface area contributed by atoms with E-state index in [1.165, 1.54) is 11.1 Å². The summed E-state index contributed by atoms with van der Waals surface area (Å²) in [5.41, 5.74) is 3.58. The minimum atomic E-state index is 0.643. The number of rotatable bonds is 3. The number of fused-ring (bicyclic) bond motifs is 1. The molecule has 3 heteroatoms. The van der Waals surface area contributed by atoms with Crippen molar-refractivity contribution in [3.63, 3.8) is 0 Å². The van der Waals surface area contributed by atoms with Crippen molar-refractivity contribution in [1.82, 2.24) is 4.90 Å². The molecule has 96 valence electrons. The Kier molecular flexibility index (Phi) is 3.26. The SMILES string of the molecule is N=C1c2ccccc2CN1CCc1ccc(Cl)cc1. The molecule has 0 saturated heterocycles. The molecule has 1 aliphatic heterocycles. The predicted octanol–water partition coefficient (Wildman–Crippen LogP) is 3.72. The molecule has 3 rings (SSSR count). The molecular weight excluding hydrogens is 256 g/mol. The molecule has 0 amide bonds. The summed E-state index contributed by atoms with van der Waals surface area (Å²) in [6.07, 6.45) is 0.938. The molecule has 0 aliphatic carbocycles. The van der Waals surface area contributed by atoms with Gasteiger partial charge in [0.25, 0.3) is 0 Å². The highest BCUT2D eigenvalue weighted by atomic mass is 35.5. The highest BCUT2D eigenvalue weighted by molar-refractivity contribution is 6.30. The van der Waals surface area contributed by atoms with Gasteiger partial charge in [0, 0.05) is 23.7 Å². The average molecular weight is 271 g/mol. The summed E-state index contributed by atoms with van der Waals surface area (Å²) < 4.78 is 0. The van der Waals surface area contributed by atoms with Crippen LogP contribution in [-0.2, 0) is 13.0 Å². The van der Waals surface area contributed by atoms with Crippen LogP contribution in [0.15, 0.2) is 48.5 Å². The fourth-order valence-electron chi connectivity index (χ4n) is 2.45. The quantitative estimate of drug-likeness (QED) is 0.904. The van der Waals surface area contributed by atoms with Crippen molar-refractivity contribution >= 4 is 17.4 Å². The van der Waals surface area contributed by atoms with E-state index in [1.807, 2.05) is 30.3 Å². The van der Waals surface area contributed by atoms with Crippen molar-refractivity contribution in [1.29, 1.82) is 5.41 Å². The van der Waals surface area contributed by atoms with Gasteiger partial charge in [0.15, 0.2) is 0 Å². The number of halogens is 1. The maximum absolute atomic E-state index is 8.19. The molecule has 0 fully saturated rings. The zero-order valence-electron chi connectivity index (χ0n) is 10.6. The molecule has 2 aromatic rings. The van der Waals surface area contributed by atoms with E-state index < -0.39 is 0 Å². The summed E-state index contributed by atoms with van der Waals surface area (Å²) in [5.74, 6) is 0.643. The van der Waals surface area contributed by atoms with Gasteiger partial charge < -0.3 is 4.90 Å². The summed E-state index contributed by atoms with van der Waals surface area (Å²) in [5, 5.41) is 8.96. The molecule has 0 radical (unpaired) electrons. The van der Waals surface area contributed by atoms with E-state index in [2.05, 4.69) is 23.1 Å². The second-order valence-electron chi connectivity index (χ2n) is 4.80. The Morgan fingerprint density at radius 2 is 1.79 bits per heavy atom. The highest BCUT2D eigenvalue weighted by Crippen LogP contribution is 2.22. The third kappa shape index (κ3) is 2.49. The van der Waals surface area contributed by atoms with Gasteiger partial charge in [0.2, 0.25) is 0 Å². The van der Waals surface area contributed by atoms with Crippen LogP contribution >= 0.6 is 11.6 Å². The van der Waals surface area contributed by atoms with Crippen molar-refractivity contribution < 1.29 is 0 Å². The van der Waals surface area contributed by atoms with Crippen molar-refractivity contribution in [3.05, 3.63) is 70.2 Å². The molecule has 1 aliphatic rings. The first-order valence-electron chi connectivity index (χ1n) is 6.40. The number of nitrogens with zero attached hydrogens (tertiary/aromatic N) is 1. The fourth-order valence-corrected chi connectivity index (χ4v) is 2.58. The van der Waals surface area contributed by atoms with Gasteiger partial charge >= 0.3 is 0 Å². The molecule has 0 unspecified atom stereocenters. The minimum absolute atomic E-state index is 0.643. The Labute approximate surface area is 118 Å². The number of hydrogen-bond donors (Lipinski definition) is 1. The van der Waals surface area contributed by atoms with E-state index in [-0.39, 0.29) is 0 Å². The van der Waals surface area contributed by atoms with E-state index in [1.54, 1.807) is 0 Å². The zero-order chi connectivity index (χ0) is 13.2. The zero-order valence-corrected chi connectivity index (χ0v) is 11.3. The molecule has 0 atom stereocenters. The summed E-state index contributed by atoms with van der Waals surface area (Å²) in [6.45, 7) is 1.72. The van der Waals surface area contributed by atoms with Crippen LogP contribution in [0, 0.1) is 5.41 Å². The van der Waals surface area contributed by atoms with E-state index in [0.717, 1.165) is 30.1 Å². The summed E-state index contributed by atoms with van der Waals surface area (Å²) >= 11 is 5.88. The van der Waals surface area contributed by atoms with Crippen molar-refractivity contribution in [2.45, 2.75) is 13.0 Å². The van der Waals surface area contributed by atoms with Crippen LogP contribution in [0.3, 0.4) is 0 Å². The Hall–Kier alpha value is -1.80. The summed E-state index contributed by atoms with van der Waals surface area (Å²) in [7, 11) is 0. The van der Waals surface area contributed by atoms with E-state index in [4.69, 9.17) is 17.0 Å². The van der Waals surface area contributed by atoms with Crippen LogP contribution in [0.25, 0.3) is 0 Å². The van der Waals surface area contributed by atoms with Crippen molar-refractivity contribution in [2.24, 2.45) is 0 Å². The maximum Gasteiger partial charge on any atom is 0.128 e. The van der Waals surface area contributed by atoms with Crippen molar-refractivity contribution in [2.75, 3.05) is 6.54 Å². The lowest BCUT2D eigenvalue weighted by Crippen LogP contribution is -2.26. The van der Waals surface area contributed by atoms with Crippen LogP contribution in [-0.4, -0.2) is 17.3 Å². The van der Waals surface area contributed by atoms with Gasteiger partial charge in [-0.1, -0.05) is 48.0 Å². The second-order valence-corrected chi connectivity index (χ2v) is 5.24. The smallest absolute Gasteiger partial charge is 0.128 e. The molecule has 2 nitrogen and oxygen atoms in total. The highest BCUT2D eigenvalue weighted by Gasteiger charge is 2.22. The fraction of sp³-hybridized carbons (Fsp3) is 0.188. The number of hydrogen-bond acceptors (Lipinski definition) is 1. The normalized spacial score (nSPS) is 13.7.